The molecular weight excluding hydrogens is 454 g/mol. The fourth-order valence-electron chi connectivity index (χ4n) is 4.17. The highest BCUT2D eigenvalue weighted by Crippen LogP contribution is 2.13. The zero-order valence-corrected chi connectivity index (χ0v) is 23.3. The highest BCUT2D eigenvalue weighted by atomic mass is 16.7. The Balaban J connectivity index is 1.83. The normalized spacial score (nSPS) is 11.9. The van der Waals surface area contributed by atoms with E-state index in [-0.39, 0.29) is 19.3 Å². The first kappa shape index (κ1) is 32.4. The second-order valence-electron chi connectivity index (χ2n) is 9.76. The summed E-state index contributed by atoms with van der Waals surface area (Å²) in [5.41, 5.74) is 0. The molecule has 1 unspecified atom stereocenters. The smallest absolute Gasteiger partial charge is 0.431 e. The van der Waals surface area contributed by atoms with Crippen molar-refractivity contribution in [1.29, 1.82) is 0 Å². The second kappa shape index (κ2) is 25.0. The molecule has 0 bridgehead atoms. The van der Waals surface area contributed by atoms with Crippen LogP contribution in [0.25, 0.3) is 0 Å². The van der Waals surface area contributed by atoms with E-state index in [1.54, 1.807) is 7.11 Å². The number of carbonyl (C=O) groups is 1. The van der Waals surface area contributed by atoms with Crippen LogP contribution in [0.4, 0.5) is 4.79 Å². The summed E-state index contributed by atoms with van der Waals surface area (Å²) in [6.45, 7) is 4.40. The number of unbranched alkanes of at least 4 members (excludes halogenated alkanes) is 15. The predicted molar refractivity (Wildman–Crippen MR) is 145 cm³/mol. The molecule has 0 N–H and O–H groups in total. The standard InChI is InChI=1S/C30H54NO5/c1-3-4-5-6-7-8-9-10-11-12-13-14-15-16-17-21-25-34-27-29(33-2)28-36-30(32)35-26-24-31-22-19-18-20-23-31/h18-20,22-23,29H,3-17,21,24-28H2,1-2H3/q+1. The van der Waals surface area contributed by atoms with Gasteiger partial charge < -0.3 is 18.9 Å². The van der Waals surface area contributed by atoms with Gasteiger partial charge in [0.15, 0.2) is 25.5 Å². The van der Waals surface area contributed by atoms with Gasteiger partial charge in [0, 0.05) is 25.8 Å². The van der Waals surface area contributed by atoms with Gasteiger partial charge in [0.2, 0.25) is 0 Å². The van der Waals surface area contributed by atoms with Gasteiger partial charge in [0.25, 0.3) is 0 Å². The lowest BCUT2D eigenvalue weighted by Crippen LogP contribution is -2.35. The monoisotopic (exact) mass is 508 g/mol. The highest BCUT2D eigenvalue weighted by Gasteiger charge is 2.13. The Hall–Kier alpha value is -1.66. The van der Waals surface area contributed by atoms with E-state index in [1.165, 1.54) is 96.3 Å². The van der Waals surface area contributed by atoms with Crippen LogP contribution in [0.3, 0.4) is 0 Å². The molecule has 1 atom stereocenters. The summed E-state index contributed by atoms with van der Waals surface area (Å²) in [6, 6.07) is 5.81. The molecule has 6 nitrogen and oxygen atoms in total. The van der Waals surface area contributed by atoms with E-state index in [1.807, 2.05) is 35.2 Å². The Bertz CT molecular complexity index is 598. The van der Waals surface area contributed by atoms with E-state index in [0.717, 1.165) is 13.0 Å². The molecule has 1 aromatic heterocycles. The van der Waals surface area contributed by atoms with Crippen LogP contribution >= 0.6 is 0 Å². The molecule has 208 valence electrons. The zero-order valence-electron chi connectivity index (χ0n) is 23.3. The number of carbonyl (C=O) groups excluding carboxylic acids is 1. The van der Waals surface area contributed by atoms with Crippen molar-refractivity contribution in [1.82, 2.24) is 0 Å². The Morgan fingerprint density at radius 2 is 1.19 bits per heavy atom. The molecule has 0 aliphatic rings. The highest BCUT2D eigenvalue weighted by molar-refractivity contribution is 5.59. The molecule has 0 spiro atoms. The molecule has 0 aromatic carbocycles. The Morgan fingerprint density at radius 3 is 1.72 bits per heavy atom. The van der Waals surface area contributed by atoms with Gasteiger partial charge in [-0.3, -0.25) is 0 Å². The molecule has 1 aromatic rings. The van der Waals surface area contributed by atoms with Gasteiger partial charge in [-0.1, -0.05) is 109 Å². The minimum absolute atomic E-state index is 0.132. The lowest BCUT2D eigenvalue weighted by molar-refractivity contribution is -0.698. The number of hydrogen-bond donors (Lipinski definition) is 0. The largest absolute Gasteiger partial charge is 0.508 e. The van der Waals surface area contributed by atoms with Crippen molar-refractivity contribution in [3.8, 4) is 0 Å². The van der Waals surface area contributed by atoms with Crippen molar-refractivity contribution in [2.24, 2.45) is 0 Å². The SMILES string of the molecule is CCCCCCCCCCCCCCCCCCOCC(COC(=O)OCC[n+]1ccccc1)OC. The van der Waals surface area contributed by atoms with Gasteiger partial charge in [-0.25, -0.2) is 9.36 Å². The third kappa shape index (κ3) is 20.5. The molecule has 1 heterocycles. The van der Waals surface area contributed by atoms with Crippen LogP contribution in [0.1, 0.15) is 110 Å². The lowest BCUT2D eigenvalue weighted by atomic mass is 10.0. The molecule has 0 saturated carbocycles. The molecule has 0 aliphatic carbocycles. The average Bonchev–Trinajstić information content (AvgIpc) is 2.90. The first-order chi connectivity index (χ1) is 17.8. The maximum atomic E-state index is 11.7. The van der Waals surface area contributed by atoms with Crippen LogP contribution in [0, 0.1) is 0 Å². The van der Waals surface area contributed by atoms with E-state index in [0.29, 0.717) is 13.2 Å². The summed E-state index contributed by atoms with van der Waals surface area (Å²) in [6.07, 6.45) is 24.7. The quantitative estimate of drug-likeness (QED) is 0.0781. The summed E-state index contributed by atoms with van der Waals surface area (Å²) in [7, 11) is 1.60. The topological polar surface area (TPSA) is 57.9 Å². The first-order valence-electron chi connectivity index (χ1n) is 14.6. The number of nitrogens with zero attached hydrogens (tertiary/aromatic N) is 1. The summed E-state index contributed by atoms with van der Waals surface area (Å²) in [5.74, 6) is 0. The molecule has 1 rings (SSSR count). The number of pyridine rings is 1. The van der Waals surface area contributed by atoms with Crippen LogP contribution in [0.15, 0.2) is 30.6 Å². The van der Waals surface area contributed by atoms with Crippen molar-refractivity contribution < 1.29 is 28.3 Å². The maximum Gasteiger partial charge on any atom is 0.508 e. The Kier molecular flexibility index (Phi) is 22.5. The predicted octanol–water partition coefficient (Wildman–Crippen LogP) is 7.42. The van der Waals surface area contributed by atoms with E-state index >= 15 is 0 Å². The van der Waals surface area contributed by atoms with Crippen molar-refractivity contribution >= 4 is 6.16 Å². The summed E-state index contributed by atoms with van der Waals surface area (Å²) in [4.78, 5) is 11.7. The molecule has 0 amide bonds. The fourth-order valence-corrected chi connectivity index (χ4v) is 4.17. The molecule has 0 fully saturated rings. The van der Waals surface area contributed by atoms with Crippen LogP contribution in [0.2, 0.25) is 0 Å². The molecule has 36 heavy (non-hydrogen) atoms. The molecule has 0 radical (unpaired) electrons. The summed E-state index contributed by atoms with van der Waals surface area (Å²) < 4.78 is 23.3. The van der Waals surface area contributed by atoms with Crippen LogP contribution in [-0.2, 0) is 25.5 Å². The average molecular weight is 509 g/mol. The Morgan fingerprint density at radius 1 is 0.667 bits per heavy atom. The summed E-state index contributed by atoms with van der Waals surface area (Å²) in [5, 5.41) is 0. The number of methoxy groups -OCH3 is 1. The number of ether oxygens (including phenoxy) is 4. The van der Waals surface area contributed by atoms with Gasteiger partial charge in [0.05, 0.1) is 6.61 Å². The first-order valence-corrected chi connectivity index (χ1v) is 14.6. The summed E-state index contributed by atoms with van der Waals surface area (Å²) >= 11 is 0. The van der Waals surface area contributed by atoms with Crippen LogP contribution in [-0.4, -0.2) is 45.8 Å². The minimum Gasteiger partial charge on any atom is -0.431 e. The van der Waals surface area contributed by atoms with E-state index in [9.17, 15) is 4.79 Å². The van der Waals surface area contributed by atoms with Crippen LogP contribution < -0.4 is 4.57 Å². The van der Waals surface area contributed by atoms with Crippen LogP contribution in [0.5, 0.6) is 0 Å². The van der Waals surface area contributed by atoms with Gasteiger partial charge >= 0.3 is 6.16 Å². The van der Waals surface area contributed by atoms with E-state index < -0.39 is 6.16 Å². The fraction of sp³-hybridized carbons (Fsp3) is 0.800. The van der Waals surface area contributed by atoms with Gasteiger partial charge in [-0.2, -0.15) is 0 Å². The lowest BCUT2D eigenvalue weighted by Gasteiger charge is -2.15. The van der Waals surface area contributed by atoms with Crippen molar-refractivity contribution in [3.63, 3.8) is 0 Å². The molecular formula is C30H54NO5+. The van der Waals surface area contributed by atoms with E-state index in [4.69, 9.17) is 18.9 Å². The third-order valence-electron chi connectivity index (χ3n) is 6.51. The zero-order chi connectivity index (χ0) is 25.9. The van der Waals surface area contributed by atoms with Gasteiger partial charge in [-0.15, -0.1) is 0 Å². The number of hydrogen-bond acceptors (Lipinski definition) is 5. The van der Waals surface area contributed by atoms with Crippen molar-refractivity contribution in [2.45, 2.75) is 122 Å². The second-order valence-corrected chi connectivity index (χ2v) is 9.76. The molecule has 0 aliphatic heterocycles. The van der Waals surface area contributed by atoms with Gasteiger partial charge in [0.1, 0.15) is 12.7 Å². The Labute approximate surface area is 221 Å². The third-order valence-corrected chi connectivity index (χ3v) is 6.51. The number of aromatic nitrogens is 1. The van der Waals surface area contributed by atoms with Crippen molar-refractivity contribution in [2.75, 3.05) is 33.5 Å². The van der Waals surface area contributed by atoms with Crippen molar-refractivity contribution in [3.05, 3.63) is 30.6 Å². The maximum absolute atomic E-state index is 11.7. The number of rotatable bonds is 25. The van der Waals surface area contributed by atoms with E-state index in [2.05, 4.69) is 6.92 Å². The molecule has 0 saturated heterocycles. The molecule has 6 heteroatoms. The minimum atomic E-state index is -0.675. The van der Waals surface area contributed by atoms with Gasteiger partial charge in [-0.05, 0) is 6.42 Å².